The molecule has 0 aliphatic heterocycles. The van der Waals surface area contributed by atoms with Crippen LogP contribution < -0.4 is 5.32 Å². The molecule has 2 rings (SSSR count). The van der Waals surface area contributed by atoms with Gasteiger partial charge in [-0.25, -0.2) is 0 Å². The summed E-state index contributed by atoms with van der Waals surface area (Å²) in [7, 11) is 0. The van der Waals surface area contributed by atoms with Crippen molar-refractivity contribution in [3.8, 4) is 0 Å². The summed E-state index contributed by atoms with van der Waals surface area (Å²) in [5.74, 6) is 0.0983. The third kappa shape index (κ3) is 3.46. The lowest BCUT2D eigenvalue weighted by Crippen LogP contribution is -2.60. The molecule has 1 aromatic carbocycles. The molecule has 3 heteroatoms. The van der Waals surface area contributed by atoms with Gasteiger partial charge in [0.15, 0.2) is 0 Å². The Morgan fingerprint density at radius 1 is 1.33 bits per heavy atom. The van der Waals surface area contributed by atoms with Gasteiger partial charge >= 0.3 is 5.97 Å². The largest absolute Gasteiger partial charge is 0.465 e. The second kappa shape index (κ2) is 7.08. The molecule has 0 heterocycles. The highest BCUT2D eigenvalue weighted by Gasteiger charge is 2.48. The van der Waals surface area contributed by atoms with Crippen LogP contribution in [0.1, 0.15) is 57.9 Å². The molecule has 0 bridgehead atoms. The summed E-state index contributed by atoms with van der Waals surface area (Å²) < 4.78 is 5.44. The minimum atomic E-state index is -0.580. The van der Waals surface area contributed by atoms with Gasteiger partial charge in [-0.05, 0) is 39.2 Å². The van der Waals surface area contributed by atoms with E-state index >= 15 is 0 Å². The minimum Gasteiger partial charge on any atom is -0.465 e. The Balaban J connectivity index is 2.39. The highest BCUT2D eigenvalue weighted by molar-refractivity contribution is 5.82. The number of carbonyl (C=O) groups is 1. The Kier molecular flexibility index (Phi) is 5.40. The molecular formula is C18H27NO2. The molecule has 1 fully saturated rings. The van der Waals surface area contributed by atoms with Crippen molar-refractivity contribution in [3.63, 3.8) is 0 Å². The topological polar surface area (TPSA) is 38.3 Å². The third-order valence-corrected chi connectivity index (χ3v) is 4.30. The monoisotopic (exact) mass is 289 g/mol. The van der Waals surface area contributed by atoms with Crippen LogP contribution >= 0.6 is 0 Å². The zero-order valence-electron chi connectivity index (χ0n) is 13.4. The molecule has 0 saturated heterocycles. The maximum Gasteiger partial charge on any atom is 0.326 e. The fourth-order valence-corrected chi connectivity index (χ4v) is 3.56. The van der Waals surface area contributed by atoms with E-state index in [1.807, 2.05) is 13.0 Å². The summed E-state index contributed by atoms with van der Waals surface area (Å²) in [5.41, 5.74) is 0.655. The van der Waals surface area contributed by atoms with Crippen LogP contribution in [-0.4, -0.2) is 24.2 Å². The lowest BCUT2D eigenvalue weighted by molar-refractivity contribution is -0.154. The molecule has 1 saturated carbocycles. The summed E-state index contributed by atoms with van der Waals surface area (Å²) in [6.45, 7) is 6.50. The van der Waals surface area contributed by atoms with E-state index in [0.29, 0.717) is 6.61 Å². The van der Waals surface area contributed by atoms with E-state index in [2.05, 4.69) is 43.4 Å². The molecule has 0 amide bonds. The number of ether oxygens (including phenoxy) is 1. The van der Waals surface area contributed by atoms with Crippen LogP contribution in [0.2, 0.25) is 0 Å². The van der Waals surface area contributed by atoms with Gasteiger partial charge in [0.05, 0.1) is 6.61 Å². The first kappa shape index (κ1) is 16.0. The van der Waals surface area contributed by atoms with Crippen molar-refractivity contribution in [3.05, 3.63) is 35.9 Å². The van der Waals surface area contributed by atoms with Gasteiger partial charge in [-0.2, -0.15) is 0 Å². The molecule has 1 aliphatic carbocycles. The fourth-order valence-electron chi connectivity index (χ4n) is 3.56. The number of rotatable bonds is 5. The molecule has 0 spiro atoms. The number of benzene rings is 1. The van der Waals surface area contributed by atoms with Crippen LogP contribution in [0.5, 0.6) is 0 Å². The molecule has 1 aliphatic rings. The predicted octanol–water partition coefficient (Wildman–Crippen LogP) is 3.64. The van der Waals surface area contributed by atoms with Gasteiger partial charge < -0.3 is 4.74 Å². The molecule has 21 heavy (non-hydrogen) atoms. The van der Waals surface area contributed by atoms with E-state index in [0.717, 1.165) is 19.3 Å². The first-order valence-corrected chi connectivity index (χ1v) is 8.10. The lowest BCUT2D eigenvalue weighted by atomic mass is 9.69. The van der Waals surface area contributed by atoms with Crippen LogP contribution in [0, 0.1) is 0 Å². The maximum atomic E-state index is 12.8. The molecular weight excluding hydrogens is 262 g/mol. The second-order valence-electron chi connectivity index (χ2n) is 6.20. The minimum absolute atomic E-state index is 0.0905. The molecule has 1 aromatic rings. The average Bonchev–Trinajstić information content (AvgIpc) is 2.48. The van der Waals surface area contributed by atoms with Gasteiger partial charge in [0.25, 0.3) is 0 Å². The summed E-state index contributed by atoms with van der Waals surface area (Å²) in [6, 6.07) is 10.6. The molecule has 3 nitrogen and oxygen atoms in total. The molecule has 1 N–H and O–H groups in total. The SMILES string of the molecule is CCOC(=O)C1(NC(C)C)CCCCC1c1ccccc1. The first-order chi connectivity index (χ1) is 10.1. The van der Waals surface area contributed by atoms with Gasteiger partial charge in [0, 0.05) is 12.0 Å². The highest BCUT2D eigenvalue weighted by atomic mass is 16.5. The summed E-state index contributed by atoms with van der Waals surface area (Å²) in [6.07, 6.45) is 4.12. The lowest BCUT2D eigenvalue weighted by Gasteiger charge is -2.44. The van der Waals surface area contributed by atoms with Gasteiger partial charge in [0.2, 0.25) is 0 Å². The van der Waals surface area contributed by atoms with Crippen LogP contribution in [-0.2, 0) is 9.53 Å². The van der Waals surface area contributed by atoms with Crippen molar-refractivity contribution in [1.29, 1.82) is 0 Å². The molecule has 2 unspecified atom stereocenters. The zero-order valence-corrected chi connectivity index (χ0v) is 13.4. The quantitative estimate of drug-likeness (QED) is 0.841. The summed E-state index contributed by atoms with van der Waals surface area (Å²) in [4.78, 5) is 12.8. The van der Waals surface area contributed by atoms with Gasteiger partial charge in [-0.1, -0.05) is 43.2 Å². The molecule has 2 atom stereocenters. The Morgan fingerprint density at radius 2 is 2.05 bits per heavy atom. The van der Waals surface area contributed by atoms with Crippen LogP contribution in [0.15, 0.2) is 30.3 Å². The first-order valence-electron chi connectivity index (χ1n) is 8.10. The maximum absolute atomic E-state index is 12.8. The Labute approximate surface area is 128 Å². The summed E-state index contributed by atoms with van der Waals surface area (Å²) in [5, 5.41) is 3.55. The van der Waals surface area contributed by atoms with Crippen molar-refractivity contribution in [2.24, 2.45) is 0 Å². The zero-order chi connectivity index (χ0) is 15.3. The van der Waals surface area contributed by atoms with E-state index in [4.69, 9.17) is 4.74 Å². The van der Waals surface area contributed by atoms with Crippen LogP contribution in [0.3, 0.4) is 0 Å². The van der Waals surface area contributed by atoms with E-state index < -0.39 is 5.54 Å². The van der Waals surface area contributed by atoms with Gasteiger partial charge in [-0.15, -0.1) is 0 Å². The number of nitrogens with one attached hydrogen (secondary N) is 1. The van der Waals surface area contributed by atoms with E-state index in [9.17, 15) is 4.79 Å². The molecule has 0 radical (unpaired) electrons. The number of carbonyl (C=O) groups excluding carboxylic acids is 1. The third-order valence-electron chi connectivity index (χ3n) is 4.30. The fraction of sp³-hybridized carbons (Fsp3) is 0.611. The van der Waals surface area contributed by atoms with E-state index in [1.165, 1.54) is 12.0 Å². The molecule has 0 aromatic heterocycles. The molecule has 116 valence electrons. The predicted molar refractivity (Wildman–Crippen MR) is 85.3 cm³/mol. The standard InChI is InChI=1S/C18H27NO2/c1-4-21-17(20)18(19-14(2)3)13-9-8-12-16(18)15-10-6-5-7-11-15/h5-7,10-11,14,16,19H,4,8-9,12-13H2,1-3H3. The number of hydrogen-bond donors (Lipinski definition) is 1. The summed E-state index contributed by atoms with van der Waals surface area (Å²) >= 11 is 0. The number of esters is 1. The van der Waals surface area contributed by atoms with Crippen molar-refractivity contribution >= 4 is 5.97 Å². The van der Waals surface area contributed by atoms with E-state index in [1.54, 1.807) is 0 Å². The van der Waals surface area contributed by atoms with Crippen LogP contribution in [0.25, 0.3) is 0 Å². The Morgan fingerprint density at radius 3 is 2.67 bits per heavy atom. The van der Waals surface area contributed by atoms with Gasteiger partial charge in [0.1, 0.15) is 5.54 Å². The van der Waals surface area contributed by atoms with Crippen molar-refractivity contribution in [2.45, 2.75) is 64.0 Å². The average molecular weight is 289 g/mol. The van der Waals surface area contributed by atoms with Crippen LogP contribution in [0.4, 0.5) is 0 Å². The normalized spacial score (nSPS) is 25.8. The second-order valence-corrected chi connectivity index (χ2v) is 6.20. The van der Waals surface area contributed by atoms with Crippen molar-refractivity contribution < 1.29 is 9.53 Å². The van der Waals surface area contributed by atoms with Crippen molar-refractivity contribution in [1.82, 2.24) is 5.32 Å². The smallest absolute Gasteiger partial charge is 0.326 e. The Bertz CT molecular complexity index is 458. The number of hydrogen-bond acceptors (Lipinski definition) is 3. The Hall–Kier alpha value is -1.35. The van der Waals surface area contributed by atoms with E-state index in [-0.39, 0.29) is 17.9 Å². The van der Waals surface area contributed by atoms with Gasteiger partial charge in [-0.3, -0.25) is 10.1 Å². The highest BCUT2D eigenvalue weighted by Crippen LogP contribution is 2.42. The van der Waals surface area contributed by atoms with Crippen molar-refractivity contribution in [2.75, 3.05) is 6.61 Å².